The fourth-order valence-corrected chi connectivity index (χ4v) is 5.23. The fourth-order valence-electron chi connectivity index (χ4n) is 5.23. The SMILES string of the molecule is C[C@@H]1CN([C@@H](C)CO)C(=O)CCCn2nncc2CO[C@H]1CN(C)C(=O)Nc1ccc(N2CCCCC2)cc1. The number of ether oxygens (including phenoxy) is 1. The summed E-state index contributed by atoms with van der Waals surface area (Å²) in [5, 5.41) is 20.9. The summed E-state index contributed by atoms with van der Waals surface area (Å²) in [7, 11) is 1.74. The topological polar surface area (TPSA) is 116 Å². The molecule has 4 rings (SSSR count). The van der Waals surface area contributed by atoms with E-state index in [0.717, 1.165) is 24.5 Å². The third kappa shape index (κ3) is 7.69. The molecule has 0 radical (unpaired) electrons. The van der Waals surface area contributed by atoms with E-state index < -0.39 is 0 Å². The number of amides is 3. The number of rotatable bonds is 6. The average molecular weight is 542 g/mol. The van der Waals surface area contributed by atoms with E-state index in [0.29, 0.717) is 39.1 Å². The molecule has 2 aromatic rings. The van der Waals surface area contributed by atoms with E-state index in [2.05, 4.69) is 32.7 Å². The van der Waals surface area contributed by atoms with Gasteiger partial charge in [0.05, 0.1) is 37.3 Å². The van der Waals surface area contributed by atoms with Gasteiger partial charge in [0.2, 0.25) is 5.91 Å². The van der Waals surface area contributed by atoms with E-state index in [9.17, 15) is 14.7 Å². The number of aryl methyl sites for hydroxylation is 1. The van der Waals surface area contributed by atoms with Crippen LogP contribution in [-0.2, 0) is 22.7 Å². The van der Waals surface area contributed by atoms with Crippen LogP contribution in [0.25, 0.3) is 0 Å². The molecular weight excluding hydrogens is 498 g/mol. The third-order valence-electron chi connectivity index (χ3n) is 7.78. The summed E-state index contributed by atoms with van der Waals surface area (Å²) >= 11 is 0. The Hall–Kier alpha value is -3.18. The first-order valence-electron chi connectivity index (χ1n) is 14.1. The monoisotopic (exact) mass is 541 g/mol. The van der Waals surface area contributed by atoms with Crippen molar-refractivity contribution in [2.45, 2.75) is 71.2 Å². The van der Waals surface area contributed by atoms with Gasteiger partial charge in [0.25, 0.3) is 0 Å². The number of urea groups is 1. The molecular formula is C28H43N7O4. The van der Waals surface area contributed by atoms with Crippen LogP contribution >= 0.6 is 0 Å². The quantitative estimate of drug-likeness (QED) is 0.578. The molecule has 1 fully saturated rings. The maximum atomic E-state index is 13.1. The minimum atomic E-state index is -0.355. The molecule has 0 unspecified atom stereocenters. The number of benzene rings is 1. The summed E-state index contributed by atoms with van der Waals surface area (Å²) in [4.78, 5) is 31.9. The molecule has 3 atom stereocenters. The standard InChI is InChI=1S/C28H43N7O4/c1-21-17-34(22(2)19-36)27(37)8-7-15-35-25(16-29-31-35)20-39-26(21)18-32(3)28(38)30-23-9-11-24(12-10-23)33-13-5-4-6-14-33/h9-12,16,21-22,26,36H,4-8,13-15,17-20H2,1-3H3,(H,30,38)/t21-,22+,26+/m1/s1. The number of anilines is 2. The smallest absolute Gasteiger partial charge is 0.321 e. The summed E-state index contributed by atoms with van der Waals surface area (Å²) in [6, 6.07) is 7.47. The third-order valence-corrected chi connectivity index (χ3v) is 7.78. The number of fused-ring (bicyclic) bond motifs is 1. The lowest BCUT2D eigenvalue weighted by Crippen LogP contribution is -2.48. The number of nitrogens with zero attached hydrogens (tertiary/aromatic N) is 6. The number of aliphatic hydroxyl groups excluding tert-OH is 1. The van der Waals surface area contributed by atoms with Gasteiger partial charge in [0.1, 0.15) is 0 Å². The lowest BCUT2D eigenvalue weighted by atomic mass is 10.0. The largest absolute Gasteiger partial charge is 0.394 e. The number of aromatic nitrogens is 3. The maximum absolute atomic E-state index is 13.1. The van der Waals surface area contributed by atoms with Crippen LogP contribution in [0.3, 0.4) is 0 Å². The molecule has 3 heterocycles. The van der Waals surface area contributed by atoms with Crippen LogP contribution in [0.4, 0.5) is 16.2 Å². The highest BCUT2D eigenvalue weighted by Crippen LogP contribution is 2.23. The van der Waals surface area contributed by atoms with Gasteiger partial charge in [-0.15, -0.1) is 5.10 Å². The summed E-state index contributed by atoms with van der Waals surface area (Å²) in [5.74, 6) is -0.103. The van der Waals surface area contributed by atoms with Gasteiger partial charge in [-0.25, -0.2) is 9.48 Å². The van der Waals surface area contributed by atoms with Crippen LogP contribution in [-0.4, -0.2) is 93.8 Å². The van der Waals surface area contributed by atoms with Crippen molar-refractivity contribution in [2.24, 2.45) is 5.92 Å². The predicted molar refractivity (Wildman–Crippen MR) is 149 cm³/mol. The van der Waals surface area contributed by atoms with Crippen molar-refractivity contribution in [3.63, 3.8) is 0 Å². The van der Waals surface area contributed by atoms with Crippen molar-refractivity contribution in [3.05, 3.63) is 36.2 Å². The number of aliphatic hydroxyl groups is 1. The van der Waals surface area contributed by atoms with Gasteiger partial charge < -0.3 is 29.9 Å². The molecule has 1 aromatic heterocycles. The predicted octanol–water partition coefficient (Wildman–Crippen LogP) is 2.96. The summed E-state index contributed by atoms with van der Waals surface area (Å²) in [5.41, 5.74) is 2.76. The van der Waals surface area contributed by atoms with Crippen molar-refractivity contribution in [1.29, 1.82) is 0 Å². The molecule has 11 nitrogen and oxygen atoms in total. The molecule has 3 amide bonds. The van der Waals surface area contributed by atoms with E-state index in [1.54, 1.807) is 27.7 Å². The molecule has 0 aliphatic carbocycles. The van der Waals surface area contributed by atoms with E-state index in [1.807, 2.05) is 26.0 Å². The average Bonchev–Trinajstić information content (AvgIpc) is 3.40. The molecule has 1 saturated heterocycles. The highest BCUT2D eigenvalue weighted by molar-refractivity contribution is 5.89. The highest BCUT2D eigenvalue weighted by Gasteiger charge is 2.29. The van der Waals surface area contributed by atoms with Crippen molar-refractivity contribution in [3.8, 4) is 0 Å². The minimum Gasteiger partial charge on any atom is -0.394 e. The van der Waals surface area contributed by atoms with Gasteiger partial charge in [0, 0.05) is 63.5 Å². The first kappa shape index (κ1) is 28.8. The van der Waals surface area contributed by atoms with Crippen LogP contribution in [0.5, 0.6) is 0 Å². The Morgan fingerprint density at radius 2 is 1.92 bits per heavy atom. The van der Waals surface area contributed by atoms with Gasteiger partial charge in [-0.3, -0.25) is 4.79 Å². The van der Waals surface area contributed by atoms with Crippen molar-refractivity contribution >= 4 is 23.3 Å². The number of piperidine rings is 1. The van der Waals surface area contributed by atoms with E-state index >= 15 is 0 Å². The Labute approximate surface area is 231 Å². The number of carbonyl (C=O) groups excluding carboxylic acids is 2. The zero-order valence-electron chi connectivity index (χ0n) is 23.5. The normalized spacial score (nSPS) is 21.9. The van der Waals surface area contributed by atoms with Crippen LogP contribution in [0.1, 0.15) is 51.6 Å². The summed E-state index contributed by atoms with van der Waals surface area (Å²) in [6.07, 6.45) is 6.04. The lowest BCUT2D eigenvalue weighted by molar-refractivity contribution is -0.136. The number of likely N-dealkylation sites (N-methyl/N-ethyl adjacent to an activating group) is 1. The maximum Gasteiger partial charge on any atom is 0.321 e. The number of carbonyl (C=O) groups is 2. The second-order valence-electron chi connectivity index (χ2n) is 10.9. The number of nitrogens with one attached hydrogen (secondary N) is 1. The summed E-state index contributed by atoms with van der Waals surface area (Å²) in [6.45, 7) is 7.52. The van der Waals surface area contributed by atoms with Gasteiger partial charge >= 0.3 is 6.03 Å². The van der Waals surface area contributed by atoms with Crippen LogP contribution in [0.2, 0.25) is 0 Å². The van der Waals surface area contributed by atoms with Crippen molar-refractivity contribution in [2.75, 3.05) is 50.1 Å². The Bertz CT molecular complexity index is 1070. The van der Waals surface area contributed by atoms with E-state index in [1.165, 1.54) is 24.9 Å². The Morgan fingerprint density at radius 1 is 1.18 bits per heavy atom. The Balaban J connectivity index is 1.43. The lowest BCUT2D eigenvalue weighted by Gasteiger charge is -2.35. The zero-order valence-corrected chi connectivity index (χ0v) is 23.5. The molecule has 1 aromatic carbocycles. The second-order valence-corrected chi connectivity index (χ2v) is 10.9. The number of hydrogen-bond donors (Lipinski definition) is 2. The molecule has 0 spiro atoms. The molecule has 0 bridgehead atoms. The van der Waals surface area contributed by atoms with E-state index in [4.69, 9.17) is 4.74 Å². The van der Waals surface area contributed by atoms with Crippen LogP contribution in [0, 0.1) is 5.92 Å². The Kier molecular flexibility index (Phi) is 10.2. The fraction of sp³-hybridized carbons (Fsp3) is 0.643. The molecule has 2 aliphatic heterocycles. The van der Waals surface area contributed by atoms with Crippen molar-refractivity contribution in [1.82, 2.24) is 24.8 Å². The second kappa shape index (κ2) is 13.7. The molecule has 214 valence electrons. The summed E-state index contributed by atoms with van der Waals surface area (Å²) < 4.78 is 8.10. The highest BCUT2D eigenvalue weighted by atomic mass is 16.5. The molecule has 39 heavy (non-hydrogen) atoms. The number of hydrogen-bond acceptors (Lipinski definition) is 7. The van der Waals surface area contributed by atoms with Gasteiger partial charge in [-0.1, -0.05) is 12.1 Å². The van der Waals surface area contributed by atoms with Crippen molar-refractivity contribution < 1.29 is 19.4 Å². The van der Waals surface area contributed by atoms with Crippen LogP contribution in [0.15, 0.2) is 30.5 Å². The zero-order chi connectivity index (χ0) is 27.8. The first-order valence-corrected chi connectivity index (χ1v) is 14.1. The van der Waals surface area contributed by atoms with E-state index in [-0.39, 0.29) is 36.6 Å². The molecule has 11 heteroatoms. The molecule has 2 N–H and O–H groups in total. The van der Waals surface area contributed by atoms with Gasteiger partial charge in [0.15, 0.2) is 0 Å². The minimum absolute atomic E-state index is 0.0107. The van der Waals surface area contributed by atoms with Crippen LogP contribution < -0.4 is 10.2 Å². The molecule has 2 aliphatic rings. The first-order chi connectivity index (χ1) is 18.9. The van der Waals surface area contributed by atoms with Gasteiger partial charge in [-0.05, 0) is 56.9 Å². The molecule has 0 saturated carbocycles. The Morgan fingerprint density at radius 3 is 2.64 bits per heavy atom. The van der Waals surface area contributed by atoms with Gasteiger partial charge in [-0.2, -0.15) is 0 Å².